The van der Waals surface area contributed by atoms with E-state index in [1.54, 1.807) is 20.8 Å². The van der Waals surface area contributed by atoms with Crippen molar-refractivity contribution in [2.24, 2.45) is 0 Å². The van der Waals surface area contributed by atoms with Gasteiger partial charge in [-0.25, -0.2) is 13.2 Å². The second kappa shape index (κ2) is 6.89. The predicted molar refractivity (Wildman–Crippen MR) is 94.1 cm³/mol. The minimum Gasteiger partial charge on any atom is -0.504 e. The quantitative estimate of drug-likeness (QED) is 0.534. The van der Waals surface area contributed by atoms with Gasteiger partial charge < -0.3 is 20.9 Å². The van der Waals surface area contributed by atoms with Gasteiger partial charge in [0.05, 0.1) is 10.7 Å². The molecule has 1 aromatic carbocycles. The maximum absolute atomic E-state index is 12.8. The normalized spacial score (nSPS) is 19.0. The first kappa shape index (κ1) is 19.6. The average molecular weight is 392 g/mol. The smallest absolute Gasteiger partial charge is 0.407 e. The molecule has 0 bridgehead atoms. The molecule has 0 aliphatic carbocycles. The Morgan fingerprint density at radius 2 is 2.08 bits per heavy atom. The molecular weight excluding hydrogens is 370 g/mol. The summed E-state index contributed by atoms with van der Waals surface area (Å²) < 4.78 is 31.9. The molecule has 1 aliphatic heterocycles. The van der Waals surface area contributed by atoms with E-state index >= 15 is 0 Å². The molecule has 8 nitrogen and oxygen atoms in total. The molecule has 1 heterocycles. The summed E-state index contributed by atoms with van der Waals surface area (Å²) in [5, 5.41) is 12.5. The van der Waals surface area contributed by atoms with Gasteiger partial charge in [-0.2, -0.15) is 4.31 Å². The number of amides is 1. The van der Waals surface area contributed by atoms with Crippen molar-refractivity contribution in [3.8, 4) is 5.75 Å². The topological polar surface area (TPSA) is 122 Å². The van der Waals surface area contributed by atoms with Crippen LogP contribution in [0, 0.1) is 0 Å². The molecule has 140 valence electrons. The predicted octanol–water partition coefficient (Wildman–Crippen LogP) is 1.92. The second-order valence-corrected chi connectivity index (χ2v) is 9.09. The molecule has 0 saturated carbocycles. The van der Waals surface area contributed by atoms with E-state index < -0.39 is 38.4 Å². The highest BCUT2D eigenvalue weighted by molar-refractivity contribution is 7.89. The first-order valence-electron chi connectivity index (χ1n) is 7.68. The monoisotopic (exact) mass is 391 g/mol. The lowest BCUT2D eigenvalue weighted by atomic mass is 10.2. The zero-order chi connectivity index (χ0) is 19.0. The third-order valence-electron chi connectivity index (χ3n) is 3.58. The molecule has 1 amide bonds. The van der Waals surface area contributed by atoms with Crippen molar-refractivity contribution in [1.82, 2.24) is 9.62 Å². The van der Waals surface area contributed by atoms with Gasteiger partial charge in [0.15, 0.2) is 5.75 Å². The maximum atomic E-state index is 12.8. The largest absolute Gasteiger partial charge is 0.504 e. The van der Waals surface area contributed by atoms with Crippen LogP contribution in [-0.2, 0) is 14.8 Å². The van der Waals surface area contributed by atoms with Crippen LogP contribution in [0.1, 0.15) is 27.2 Å². The van der Waals surface area contributed by atoms with Gasteiger partial charge in [0.25, 0.3) is 0 Å². The van der Waals surface area contributed by atoms with Crippen LogP contribution in [0.3, 0.4) is 0 Å². The Kier molecular flexibility index (Phi) is 5.41. The molecule has 0 radical (unpaired) electrons. The molecular formula is C15H22ClN3O5S. The number of nitrogens with one attached hydrogen (secondary N) is 1. The van der Waals surface area contributed by atoms with Gasteiger partial charge in [-0.3, -0.25) is 0 Å². The number of phenols is 1. The number of aromatic hydroxyl groups is 1. The van der Waals surface area contributed by atoms with Gasteiger partial charge in [-0.1, -0.05) is 11.6 Å². The van der Waals surface area contributed by atoms with E-state index in [0.29, 0.717) is 6.42 Å². The zero-order valence-electron chi connectivity index (χ0n) is 14.2. The molecule has 1 unspecified atom stereocenters. The summed E-state index contributed by atoms with van der Waals surface area (Å²) in [5.41, 5.74) is 4.85. The number of sulfonamides is 1. The van der Waals surface area contributed by atoms with E-state index in [-0.39, 0.29) is 23.8 Å². The van der Waals surface area contributed by atoms with E-state index in [9.17, 15) is 18.3 Å². The van der Waals surface area contributed by atoms with Crippen LogP contribution in [0.5, 0.6) is 5.75 Å². The van der Waals surface area contributed by atoms with Crippen molar-refractivity contribution in [1.29, 1.82) is 0 Å². The highest BCUT2D eigenvalue weighted by Crippen LogP contribution is 2.37. The van der Waals surface area contributed by atoms with Crippen LogP contribution in [0.4, 0.5) is 10.5 Å². The molecule has 0 spiro atoms. The standard InChI is InChI=1S/C15H22ClN3O5S/c1-15(2,3)24-14(21)18-9-6-7-19(8-9)25(22,23)13-10(16)4-5-11(17)12(13)20/h4-5,9,20H,6-8,17H2,1-3H3,(H,18,21). The molecule has 1 aliphatic rings. The number of nitrogens with two attached hydrogens (primary N) is 1. The number of alkyl carbamates (subject to hydrolysis) is 1. The van der Waals surface area contributed by atoms with Crippen molar-refractivity contribution in [3.05, 3.63) is 17.2 Å². The van der Waals surface area contributed by atoms with Crippen molar-refractivity contribution in [2.75, 3.05) is 18.8 Å². The zero-order valence-corrected chi connectivity index (χ0v) is 15.8. The second-order valence-electron chi connectivity index (χ2n) is 6.81. The highest BCUT2D eigenvalue weighted by Gasteiger charge is 2.37. The molecule has 4 N–H and O–H groups in total. The summed E-state index contributed by atoms with van der Waals surface area (Å²) in [6.07, 6.45) is -0.194. The molecule has 0 aromatic heterocycles. The van der Waals surface area contributed by atoms with Gasteiger partial charge in [0, 0.05) is 19.1 Å². The van der Waals surface area contributed by atoms with E-state index in [4.69, 9.17) is 22.1 Å². The fourth-order valence-electron chi connectivity index (χ4n) is 2.47. The molecule has 1 fully saturated rings. The van der Waals surface area contributed by atoms with Crippen molar-refractivity contribution in [3.63, 3.8) is 0 Å². The van der Waals surface area contributed by atoms with Crippen molar-refractivity contribution in [2.45, 2.75) is 43.7 Å². The number of ether oxygens (including phenoxy) is 1. The van der Waals surface area contributed by atoms with Crippen LogP contribution >= 0.6 is 11.6 Å². The number of carbonyl (C=O) groups is 1. The number of hydrogen-bond donors (Lipinski definition) is 3. The number of nitrogen functional groups attached to an aromatic ring is 1. The van der Waals surface area contributed by atoms with Gasteiger partial charge >= 0.3 is 6.09 Å². The van der Waals surface area contributed by atoms with Gasteiger partial charge in [-0.05, 0) is 39.3 Å². The Hall–Kier alpha value is -1.71. The number of hydrogen-bond acceptors (Lipinski definition) is 6. The van der Waals surface area contributed by atoms with Crippen LogP contribution < -0.4 is 11.1 Å². The first-order chi connectivity index (χ1) is 11.4. The molecule has 10 heteroatoms. The summed E-state index contributed by atoms with van der Waals surface area (Å²) in [6, 6.07) is 2.25. The number of benzene rings is 1. The van der Waals surface area contributed by atoms with Crippen LogP contribution in [0.2, 0.25) is 5.02 Å². The Morgan fingerprint density at radius 1 is 1.44 bits per heavy atom. The Balaban J connectivity index is 2.14. The summed E-state index contributed by atoms with van der Waals surface area (Å²) in [7, 11) is -4.05. The van der Waals surface area contributed by atoms with E-state index in [1.807, 2.05) is 0 Å². The highest BCUT2D eigenvalue weighted by atomic mass is 35.5. The fraction of sp³-hybridized carbons (Fsp3) is 0.533. The van der Waals surface area contributed by atoms with Gasteiger partial charge in [0.2, 0.25) is 10.0 Å². The number of carbonyl (C=O) groups excluding carboxylic acids is 1. The van der Waals surface area contributed by atoms with E-state index in [1.165, 1.54) is 12.1 Å². The van der Waals surface area contributed by atoms with E-state index in [0.717, 1.165) is 4.31 Å². The number of phenolic OH excluding ortho intramolecular Hbond substituents is 1. The lowest BCUT2D eigenvalue weighted by Crippen LogP contribution is -2.41. The van der Waals surface area contributed by atoms with Crippen LogP contribution in [0.15, 0.2) is 17.0 Å². The van der Waals surface area contributed by atoms with E-state index in [2.05, 4.69) is 5.32 Å². The van der Waals surface area contributed by atoms with Crippen molar-refractivity contribution < 1.29 is 23.1 Å². The maximum Gasteiger partial charge on any atom is 0.407 e. The molecule has 1 aromatic rings. The average Bonchev–Trinajstić information content (AvgIpc) is 2.90. The summed E-state index contributed by atoms with van der Waals surface area (Å²) in [5.74, 6) is -0.573. The van der Waals surface area contributed by atoms with Crippen LogP contribution in [-0.4, -0.2) is 48.7 Å². The molecule has 25 heavy (non-hydrogen) atoms. The first-order valence-corrected chi connectivity index (χ1v) is 9.50. The van der Waals surface area contributed by atoms with Gasteiger partial charge in [0.1, 0.15) is 10.5 Å². The number of anilines is 1. The third kappa shape index (κ3) is 4.47. The lowest BCUT2D eigenvalue weighted by Gasteiger charge is -2.22. The Labute approximate surface area is 151 Å². The summed E-state index contributed by atoms with van der Waals surface area (Å²) in [6.45, 7) is 5.44. The molecule has 1 saturated heterocycles. The SMILES string of the molecule is CC(C)(C)OC(=O)NC1CCN(S(=O)(=O)c2c(Cl)ccc(N)c2O)C1. The number of nitrogens with zero attached hydrogens (tertiary/aromatic N) is 1. The van der Waals surface area contributed by atoms with Gasteiger partial charge in [-0.15, -0.1) is 0 Å². The minimum atomic E-state index is -4.05. The Bertz CT molecular complexity index is 776. The lowest BCUT2D eigenvalue weighted by molar-refractivity contribution is 0.0507. The van der Waals surface area contributed by atoms with Crippen molar-refractivity contribution >= 4 is 33.4 Å². The van der Waals surface area contributed by atoms with Crippen LogP contribution in [0.25, 0.3) is 0 Å². The third-order valence-corrected chi connectivity index (χ3v) is 5.95. The Morgan fingerprint density at radius 3 is 2.68 bits per heavy atom. The number of halogens is 1. The summed E-state index contributed by atoms with van der Waals surface area (Å²) in [4.78, 5) is 11.4. The molecule has 1 atom stereocenters. The fourth-order valence-corrected chi connectivity index (χ4v) is 4.58. The summed E-state index contributed by atoms with van der Waals surface area (Å²) >= 11 is 5.95. The minimum absolute atomic E-state index is 0.0478. The number of rotatable bonds is 3. The molecule has 2 rings (SSSR count).